The topological polar surface area (TPSA) is 42.7 Å². The van der Waals surface area contributed by atoms with Crippen molar-refractivity contribution in [2.45, 2.75) is 26.3 Å². The number of rotatable bonds is 4. The number of nitrogens with zero attached hydrogens (tertiary/aromatic N) is 3. The molecule has 0 unspecified atom stereocenters. The Hall–Kier alpha value is -1.39. The maximum absolute atomic E-state index is 6.09. The van der Waals surface area contributed by atoms with Crippen molar-refractivity contribution in [3.05, 3.63) is 40.8 Å². The third-order valence-corrected chi connectivity index (χ3v) is 3.06. The zero-order valence-corrected chi connectivity index (χ0v) is 11.6. The van der Waals surface area contributed by atoms with Crippen LogP contribution in [0.2, 0.25) is 5.02 Å². The minimum atomic E-state index is 0.412. The van der Waals surface area contributed by atoms with Crippen LogP contribution in [0, 0.1) is 0 Å². The van der Waals surface area contributed by atoms with E-state index < -0.39 is 0 Å². The van der Waals surface area contributed by atoms with Crippen molar-refractivity contribution < 1.29 is 0 Å². The molecule has 4 nitrogen and oxygen atoms in total. The molecule has 5 heteroatoms. The molecule has 2 aromatic rings. The van der Waals surface area contributed by atoms with Crippen LogP contribution in [0.1, 0.15) is 31.0 Å². The van der Waals surface area contributed by atoms with E-state index in [0.29, 0.717) is 17.5 Å². The van der Waals surface area contributed by atoms with E-state index in [4.69, 9.17) is 11.6 Å². The van der Waals surface area contributed by atoms with Crippen molar-refractivity contribution >= 4 is 11.6 Å². The lowest BCUT2D eigenvalue weighted by atomic mass is 10.1. The first-order valence-electron chi connectivity index (χ1n) is 5.96. The summed E-state index contributed by atoms with van der Waals surface area (Å²) in [5, 5.41) is 8.26. The fraction of sp³-hybridized carbons (Fsp3) is 0.385. The molecule has 0 atom stereocenters. The van der Waals surface area contributed by atoms with Crippen LogP contribution in [-0.2, 0) is 6.54 Å². The Morgan fingerprint density at radius 2 is 2.22 bits per heavy atom. The van der Waals surface area contributed by atoms with Crippen molar-refractivity contribution in [2.24, 2.45) is 0 Å². The first-order chi connectivity index (χ1) is 8.61. The van der Waals surface area contributed by atoms with E-state index in [0.717, 1.165) is 17.1 Å². The molecule has 18 heavy (non-hydrogen) atoms. The molecule has 0 saturated carbocycles. The molecule has 0 bridgehead atoms. The molecule has 0 aliphatic carbocycles. The van der Waals surface area contributed by atoms with Gasteiger partial charge in [-0.25, -0.2) is 9.67 Å². The predicted molar refractivity (Wildman–Crippen MR) is 73.2 cm³/mol. The summed E-state index contributed by atoms with van der Waals surface area (Å²) in [4.78, 5) is 4.30. The lowest BCUT2D eigenvalue weighted by molar-refractivity contribution is 0.753. The number of hydrogen-bond acceptors (Lipinski definition) is 3. The van der Waals surface area contributed by atoms with Crippen molar-refractivity contribution in [1.82, 2.24) is 20.1 Å². The van der Waals surface area contributed by atoms with Gasteiger partial charge in [0.1, 0.15) is 0 Å². The Bertz CT molecular complexity index is 534. The summed E-state index contributed by atoms with van der Waals surface area (Å²) in [5.74, 6) is 1.20. The standard InChI is InChI=1S/C13H17ClN4/c1-9(2)12-4-5-18(17-12)13-6-10(7-15-3)11(14)8-16-13/h4-6,8-9,15H,7H2,1-3H3. The molecule has 0 saturated heterocycles. The molecule has 0 spiro atoms. The first-order valence-corrected chi connectivity index (χ1v) is 6.34. The van der Waals surface area contributed by atoms with E-state index in [1.54, 1.807) is 10.9 Å². The summed E-state index contributed by atoms with van der Waals surface area (Å²) >= 11 is 6.09. The Balaban J connectivity index is 2.34. The van der Waals surface area contributed by atoms with Gasteiger partial charge in [-0.05, 0) is 30.7 Å². The smallest absolute Gasteiger partial charge is 0.153 e. The van der Waals surface area contributed by atoms with Crippen LogP contribution in [0.15, 0.2) is 24.5 Å². The lowest BCUT2D eigenvalue weighted by Gasteiger charge is -2.06. The third kappa shape index (κ3) is 2.71. The van der Waals surface area contributed by atoms with Gasteiger partial charge in [0.15, 0.2) is 5.82 Å². The number of aromatic nitrogens is 3. The molecule has 0 aromatic carbocycles. The highest BCUT2D eigenvalue weighted by Crippen LogP contribution is 2.18. The van der Waals surface area contributed by atoms with Crippen molar-refractivity contribution in [3.8, 4) is 5.82 Å². The molecule has 2 aromatic heterocycles. The van der Waals surface area contributed by atoms with Crippen LogP contribution in [0.25, 0.3) is 5.82 Å². The Morgan fingerprint density at radius 3 is 2.83 bits per heavy atom. The van der Waals surface area contributed by atoms with E-state index in [1.165, 1.54) is 0 Å². The third-order valence-electron chi connectivity index (χ3n) is 2.72. The summed E-state index contributed by atoms with van der Waals surface area (Å²) in [7, 11) is 1.89. The Morgan fingerprint density at radius 1 is 1.44 bits per heavy atom. The van der Waals surface area contributed by atoms with Crippen LogP contribution in [0.5, 0.6) is 0 Å². The largest absolute Gasteiger partial charge is 0.316 e. The average molecular weight is 265 g/mol. The summed E-state index contributed by atoms with van der Waals surface area (Å²) in [6.45, 7) is 4.95. The average Bonchev–Trinajstić information content (AvgIpc) is 2.82. The summed E-state index contributed by atoms with van der Waals surface area (Å²) < 4.78 is 1.78. The van der Waals surface area contributed by atoms with Gasteiger partial charge in [0.2, 0.25) is 0 Å². The second-order valence-corrected chi connectivity index (χ2v) is 4.91. The van der Waals surface area contributed by atoms with Crippen molar-refractivity contribution in [1.29, 1.82) is 0 Å². The lowest BCUT2D eigenvalue weighted by Crippen LogP contribution is -2.08. The molecular weight excluding hydrogens is 248 g/mol. The van der Waals surface area contributed by atoms with E-state index in [2.05, 4.69) is 29.2 Å². The monoisotopic (exact) mass is 264 g/mol. The van der Waals surface area contributed by atoms with Gasteiger partial charge < -0.3 is 5.32 Å². The SMILES string of the molecule is CNCc1cc(-n2ccc(C(C)C)n2)ncc1Cl. The summed E-state index contributed by atoms with van der Waals surface area (Å²) in [6, 6.07) is 3.97. The van der Waals surface area contributed by atoms with Gasteiger partial charge >= 0.3 is 0 Å². The molecule has 0 aliphatic rings. The minimum Gasteiger partial charge on any atom is -0.316 e. The van der Waals surface area contributed by atoms with Crippen molar-refractivity contribution in [3.63, 3.8) is 0 Å². The predicted octanol–water partition coefficient (Wildman–Crippen LogP) is 2.76. The quantitative estimate of drug-likeness (QED) is 0.923. The highest BCUT2D eigenvalue weighted by atomic mass is 35.5. The molecular formula is C13H17ClN4. The van der Waals surface area contributed by atoms with Crippen molar-refractivity contribution in [2.75, 3.05) is 7.05 Å². The number of halogens is 1. The maximum atomic E-state index is 6.09. The molecule has 0 radical (unpaired) electrons. The van der Waals surface area contributed by atoms with Gasteiger partial charge in [0, 0.05) is 18.9 Å². The normalized spacial score (nSPS) is 11.2. The van der Waals surface area contributed by atoms with Gasteiger partial charge in [-0.3, -0.25) is 0 Å². The van der Waals surface area contributed by atoms with Gasteiger partial charge in [0.25, 0.3) is 0 Å². The van der Waals surface area contributed by atoms with Crippen LogP contribution in [-0.4, -0.2) is 21.8 Å². The maximum Gasteiger partial charge on any atom is 0.153 e. The molecule has 2 heterocycles. The molecule has 0 amide bonds. The molecule has 2 rings (SSSR count). The minimum absolute atomic E-state index is 0.412. The van der Waals surface area contributed by atoms with Crippen LogP contribution in [0.4, 0.5) is 0 Å². The molecule has 1 N–H and O–H groups in total. The highest BCUT2D eigenvalue weighted by molar-refractivity contribution is 6.31. The Labute approximate surface area is 112 Å². The summed E-state index contributed by atoms with van der Waals surface area (Å²) in [5.41, 5.74) is 2.08. The van der Waals surface area contributed by atoms with Gasteiger partial charge in [-0.1, -0.05) is 25.4 Å². The fourth-order valence-electron chi connectivity index (χ4n) is 1.69. The summed E-state index contributed by atoms with van der Waals surface area (Å²) in [6.07, 6.45) is 3.59. The zero-order valence-electron chi connectivity index (χ0n) is 10.8. The van der Waals surface area contributed by atoms with Crippen LogP contribution in [0.3, 0.4) is 0 Å². The molecule has 96 valence electrons. The second kappa shape index (κ2) is 5.50. The fourth-order valence-corrected chi connectivity index (χ4v) is 1.86. The second-order valence-electron chi connectivity index (χ2n) is 4.50. The molecule has 0 fully saturated rings. The highest BCUT2D eigenvalue weighted by Gasteiger charge is 2.08. The van der Waals surface area contributed by atoms with E-state index >= 15 is 0 Å². The zero-order chi connectivity index (χ0) is 13.1. The first kappa shape index (κ1) is 13.1. The number of nitrogens with one attached hydrogen (secondary N) is 1. The van der Waals surface area contributed by atoms with Crippen LogP contribution < -0.4 is 5.32 Å². The van der Waals surface area contributed by atoms with Crippen LogP contribution >= 0.6 is 11.6 Å². The number of hydrogen-bond donors (Lipinski definition) is 1. The van der Waals surface area contributed by atoms with Gasteiger partial charge in [0.05, 0.1) is 10.7 Å². The Kier molecular flexibility index (Phi) is 3.99. The van der Waals surface area contributed by atoms with Gasteiger partial charge in [-0.15, -0.1) is 0 Å². The molecule has 0 aliphatic heterocycles. The van der Waals surface area contributed by atoms with Gasteiger partial charge in [-0.2, -0.15) is 5.10 Å². The van der Waals surface area contributed by atoms with E-state index in [1.807, 2.05) is 25.4 Å². The van der Waals surface area contributed by atoms with E-state index in [-0.39, 0.29) is 0 Å². The van der Waals surface area contributed by atoms with E-state index in [9.17, 15) is 0 Å². The number of pyridine rings is 1.